The van der Waals surface area contributed by atoms with Crippen molar-refractivity contribution in [2.24, 2.45) is 24.6 Å². The average Bonchev–Trinajstić information content (AvgIpc) is 2.88. The van der Waals surface area contributed by atoms with Crippen molar-refractivity contribution in [3.63, 3.8) is 0 Å². The quantitative estimate of drug-likeness (QED) is 0.882. The van der Waals surface area contributed by atoms with Crippen molar-refractivity contribution in [3.05, 3.63) is 23.5 Å². The Morgan fingerprint density at radius 2 is 2.04 bits per heavy atom. The third-order valence-corrected chi connectivity index (χ3v) is 5.75. The molecule has 2 aromatic rings. The minimum absolute atomic E-state index is 0.00382. The van der Waals surface area contributed by atoms with Crippen molar-refractivity contribution in [2.45, 2.75) is 51.1 Å². The second kappa shape index (κ2) is 5.84. The molecule has 0 radical (unpaired) electrons. The highest BCUT2D eigenvalue weighted by Gasteiger charge is 2.40. The molecule has 0 aliphatic heterocycles. The van der Waals surface area contributed by atoms with E-state index in [1.807, 2.05) is 20.0 Å². The van der Waals surface area contributed by atoms with Crippen molar-refractivity contribution in [1.29, 1.82) is 0 Å². The van der Waals surface area contributed by atoms with E-state index in [9.17, 15) is 4.79 Å². The Labute approximate surface area is 141 Å². The van der Waals surface area contributed by atoms with E-state index >= 15 is 0 Å². The lowest BCUT2D eigenvalue weighted by molar-refractivity contribution is 0.0757. The lowest BCUT2D eigenvalue weighted by Crippen LogP contribution is -2.53. The van der Waals surface area contributed by atoms with Gasteiger partial charge in [-0.15, -0.1) is 0 Å². The van der Waals surface area contributed by atoms with Gasteiger partial charge in [-0.05, 0) is 50.5 Å². The van der Waals surface area contributed by atoms with Crippen LogP contribution < -0.4 is 11.1 Å². The Morgan fingerprint density at radius 3 is 2.75 bits per heavy atom. The first kappa shape index (κ1) is 15.6. The molecule has 1 amide bonds. The maximum absolute atomic E-state index is 13.0. The third-order valence-electron chi connectivity index (χ3n) is 5.75. The summed E-state index contributed by atoms with van der Waals surface area (Å²) in [4.78, 5) is 17.5. The number of carbonyl (C=O) groups is 1. The highest BCUT2D eigenvalue weighted by Crippen LogP contribution is 2.39. The van der Waals surface area contributed by atoms with Gasteiger partial charge < -0.3 is 11.1 Å². The topological polar surface area (TPSA) is 85.8 Å². The van der Waals surface area contributed by atoms with E-state index in [-0.39, 0.29) is 11.9 Å². The number of aromatic nitrogens is 3. The van der Waals surface area contributed by atoms with Gasteiger partial charge in [-0.2, -0.15) is 5.10 Å². The van der Waals surface area contributed by atoms with Crippen LogP contribution in [0.3, 0.4) is 0 Å². The molecule has 0 spiro atoms. The molecule has 2 aliphatic rings. The average molecular weight is 327 g/mol. The first-order valence-electron chi connectivity index (χ1n) is 8.88. The molecule has 2 bridgehead atoms. The predicted octanol–water partition coefficient (Wildman–Crippen LogP) is 1.91. The molecule has 128 valence electrons. The van der Waals surface area contributed by atoms with Gasteiger partial charge in [0.25, 0.3) is 5.91 Å². The fourth-order valence-electron chi connectivity index (χ4n) is 4.68. The summed E-state index contributed by atoms with van der Waals surface area (Å²) in [5.74, 6) is 1.03. The molecule has 2 heterocycles. The summed E-state index contributed by atoms with van der Waals surface area (Å²) in [7, 11) is 1.85. The molecule has 2 unspecified atom stereocenters. The number of carbonyl (C=O) groups excluding carboxylic acids is 1. The van der Waals surface area contributed by atoms with Gasteiger partial charge in [-0.25, -0.2) is 4.98 Å². The zero-order valence-corrected chi connectivity index (χ0v) is 14.3. The Kier molecular flexibility index (Phi) is 3.79. The van der Waals surface area contributed by atoms with E-state index in [4.69, 9.17) is 5.73 Å². The van der Waals surface area contributed by atoms with E-state index in [1.54, 1.807) is 10.9 Å². The largest absolute Gasteiger partial charge is 0.349 e. The van der Waals surface area contributed by atoms with Gasteiger partial charge in [0.05, 0.1) is 17.1 Å². The second-order valence-corrected chi connectivity index (χ2v) is 7.50. The van der Waals surface area contributed by atoms with Crippen molar-refractivity contribution in [1.82, 2.24) is 20.1 Å². The fourth-order valence-corrected chi connectivity index (χ4v) is 4.68. The van der Waals surface area contributed by atoms with Crippen LogP contribution in [0, 0.1) is 18.8 Å². The number of nitrogens with one attached hydrogen (secondary N) is 1. The molecule has 0 saturated heterocycles. The molecule has 3 N–H and O–H groups in total. The van der Waals surface area contributed by atoms with Gasteiger partial charge in [-0.1, -0.05) is 6.42 Å². The molecule has 2 aliphatic carbocycles. The van der Waals surface area contributed by atoms with Gasteiger partial charge in [0.15, 0.2) is 5.65 Å². The van der Waals surface area contributed by atoms with E-state index in [2.05, 4.69) is 15.4 Å². The lowest BCUT2D eigenvalue weighted by atomic mass is 9.67. The van der Waals surface area contributed by atoms with Crippen LogP contribution in [0.25, 0.3) is 11.0 Å². The Hall–Kier alpha value is -1.95. The molecule has 6 heteroatoms. The van der Waals surface area contributed by atoms with E-state index < -0.39 is 0 Å². The van der Waals surface area contributed by atoms with Crippen LogP contribution in [-0.4, -0.2) is 32.8 Å². The zero-order chi connectivity index (χ0) is 16.8. The Morgan fingerprint density at radius 1 is 1.33 bits per heavy atom. The molecule has 2 atom stereocenters. The summed E-state index contributed by atoms with van der Waals surface area (Å²) in [6, 6.07) is 2.41. The van der Waals surface area contributed by atoms with E-state index in [0.29, 0.717) is 23.4 Å². The molecule has 4 rings (SSSR count). The van der Waals surface area contributed by atoms with Gasteiger partial charge >= 0.3 is 0 Å². The summed E-state index contributed by atoms with van der Waals surface area (Å²) in [6.07, 6.45) is 7.39. The van der Waals surface area contributed by atoms with Crippen LogP contribution in [0.5, 0.6) is 0 Å². The van der Waals surface area contributed by atoms with Gasteiger partial charge in [0.2, 0.25) is 0 Å². The fraction of sp³-hybridized carbons (Fsp3) is 0.611. The first-order valence-corrected chi connectivity index (χ1v) is 8.88. The number of amides is 1. The third kappa shape index (κ3) is 2.59. The maximum atomic E-state index is 13.0. The van der Waals surface area contributed by atoms with Gasteiger partial charge in [0.1, 0.15) is 0 Å². The second-order valence-electron chi connectivity index (χ2n) is 7.50. The Balaban J connectivity index is 1.63. The molecule has 2 saturated carbocycles. The molecule has 2 aromatic heterocycles. The van der Waals surface area contributed by atoms with Crippen LogP contribution >= 0.6 is 0 Å². The number of pyridine rings is 1. The number of nitrogens with two attached hydrogens (primary N) is 1. The van der Waals surface area contributed by atoms with Gasteiger partial charge in [-0.3, -0.25) is 9.48 Å². The zero-order valence-electron chi connectivity index (χ0n) is 14.3. The molecule has 24 heavy (non-hydrogen) atoms. The number of hydrogen-bond donors (Lipinski definition) is 2. The standard InChI is InChI=1S/C18H25N5O/c1-10-6-14(15-9-20-23(2)17(15)21-10)18(24)22-16-11-4-3-5-12(16)8-13(19)7-11/h6,9,11-13,16H,3-5,7-8,19H2,1-2H3,(H,22,24). The van der Waals surface area contributed by atoms with Crippen LogP contribution in [0.4, 0.5) is 0 Å². The van der Waals surface area contributed by atoms with Gasteiger partial charge in [0, 0.05) is 24.8 Å². The normalized spacial score (nSPS) is 29.6. The number of aryl methyl sites for hydroxylation is 2. The number of rotatable bonds is 2. The molecular formula is C18H25N5O. The summed E-state index contributed by atoms with van der Waals surface area (Å²) < 4.78 is 1.72. The van der Waals surface area contributed by atoms with Crippen LogP contribution in [0.1, 0.15) is 48.2 Å². The minimum Gasteiger partial charge on any atom is -0.349 e. The molecule has 6 nitrogen and oxygen atoms in total. The summed E-state index contributed by atoms with van der Waals surface area (Å²) in [5, 5.41) is 8.40. The van der Waals surface area contributed by atoms with Crippen molar-refractivity contribution < 1.29 is 4.79 Å². The van der Waals surface area contributed by atoms with Crippen molar-refractivity contribution in [3.8, 4) is 0 Å². The van der Waals surface area contributed by atoms with Crippen LogP contribution in [0.15, 0.2) is 12.3 Å². The monoisotopic (exact) mass is 327 g/mol. The summed E-state index contributed by atoms with van der Waals surface area (Å²) in [5.41, 5.74) is 8.46. The van der Waals surface area contributed by atoms with E-state index in [1.165, 1.54) is 19.3 Å². The maximum Gasteiger partial charge on any atom is 0.252 e. The van der Waals surface area contributed by atoms with E-state index in [0.717, 1.165) is 29.6 Å². The van der Waals surface area contributed by atoms with Crippen molar-refractivity contribution >= 4 is 16.9 Å². The Bertz CT molecular complexity index is 769. The molecule has 0 aromatic carbocycles. The van der Waals surface area contributed by atoms with Crippen LogP contribution in [-0.2, 0) is 7.05 Å². The first-order chi connectivity index (χ1) is 11.5. The van der Waals surface area contributed by atoms with Crippen LogP contribution in [0.2, 0.25) is 0 Å². The highest BCUT2D eigenvalue weighted by atomic mass is 16.1. The lowest BCUT2D eigenvalue weighted by Gasteiger charge is -2.45. The highest BCUT2D eigenvalue weighted by molar-refractivity contribution is 6.05. The minimum atomic E-state index is -0.00382. The number of fused-ring (bicyclic) bond motifs is 3. The number of nitrogens with zero attached hydrogens (tertiary/aromatic N) is 3. The predicted molar refractivity (Wildman–Crippen MR) is 92.5 cm³/mol. The SMILES string of the molecule is Cc1cc(C(=O)NC2C3CCCC2CC(N)C3)c2cnn(C)c2n1. The summed E-state index contributed by atoms with van der Waals surface area (Å²) in [6.45, 7) is 1.91. The number of hydrogen-bond acceptors (Lipinski definition) is 4. The molecular weight excluding hydrogens is 302 g/mol. The smallest absolute Gasteiger partial charge is 0.252 e. The summed E-state index contributed by atoms with van der Waals surface area (Å²) >= 11 is 0. The molecule has 2 fully saturated rings. The van der Waals surface area contributed by atoms with Crippen molar-refractivity contribution in [2.75, 3.05) is 0 Å².